The first kappa shape index (κ1) is 18.1. The maximum atomic E-state index is 12.6. The van der Waals surface area contributed by atoms with Crippen LogP contribution in [0, 0.1) is 6.92 Å². The molecule has 0 saturated heterocycles. The summed E-state index contributed by atoms with van der Waals surface area (Å²) in [4.78, 5) is 24.5. The van der Waals surface area contributed by atoms with Crippen LogP contribution in [0.25, 0.3) is 20.9 Å². The molecule has 0 aliphatic carbocycles. The van der Waals surface area contributed by atoms with Crippen LogP contribution in [0.4, 0.5) is 11.4 Å². The maximum absolute atomic E-state index is 12.6. The van der Waals surface area contributed by atoms with E-state index in [9.17, 15) is 4.79 Å². The third kappa shape index (κ3) is 3.59. The standard InChI is InChI=1S/C22H20N4OS/c1-14-13-16(21-25-19-5-4-12-23-22(19)28-21)8-11-18(14)24-20(27)15-6-9-17(10-7-15)26(2)3/h4-13H,1-3H3,(H,24,27). The van der Waals surface area contributed by atoms with Crippen LogP contribution in [0.3, 0.4) is 0 Å². The van der Waals surface area contributed by atoms with Crippen LogP contribution in [-0.2, 0) is 0 Å². The summed E-state index contributed by atoms with van der Waals surface area (Å²) in [5.41, 5.74) is 5.40. The smallest absolute Gasteiger partial charge is 0.255 e. The summed E-state index contributed by atoms with van der Waals surface area (Å²) in [5.74, 6) is -0.120. The van der Waals surface area contributed by atoms with Crippen molar-refractivity contribution < 1.29 is 4.79 Å². The molecule has 28 heavy (non-hydrogen) atoms. The van der Waals surface area contributed by atoms with Crippen molar-refractivity contribution in [1.82, 2.24) is 9.97 Å². The molecule has 0 aliphatic rings. The molecule has 0 fully saturated rings. The first-order valence-corrected chi connectivity index (χ1v) is 9.74. The van der Waals surface area contributed by atoms with E-state index < -0.39 is 0 Å². The zero-order valence-corrected chi connectivity index (χ0v) is 16.7. The summed E-state index contributed by atoms with van der Waals surface area (Å²) in [6, 6.07) is 17.4. The lowest BCUT2D eigenvalue weighted by Gasteiger charge is -2.13. The molecule has 1 amide bonds. The van der Waals surface area contributed by atoms with Gasteiger partial charge >= 0.3 is 0 Å². The summed E-state index contributed by atoms with van der Waals surface area (Å²) in [5, 5.41) is 3.92. The number of thiazole rings is 1. The normalized spacial score (nSPS) is 10.8. The number of nitrogens with one attached hydrogen (secondary N) is 1. The number of benzene rings is 2. The second-order valence-corrected chi connectivity index (χ2v) is 7.75. The Kier molecular flexibility index (Phi) is 4.79. The van der Waals surface area contributed by atoms with Gasteiger partial charge in [0.05, 0.1) is 0 Å². The van der Waals surface area contributed by atoms with Crippen molar-refractivity contribution in [3.8, 4) is 10.6 Å². The molecule has 6 heteroatoms. The number of aromatic nitrogens is 2. The fourth-order valence-corrected chi connectivity index (χ4v) is 3.84. The molecule has 0 atom stereocenters. The Morgan fingerprint density at radius 1 is 1.07 bits per heavy atom. The van der Waals surface area contributed by atoms with Crippen LogP contribution in [0.5, 0.6) is 0 Å². The Morgan fingerprint density at radius 2 is 1.86 bits per heavy atom. The minimum absolute atomic E-state index is 0.120. The van der Waals surface area contributed by atoms with Gasteiger partial charge in [0.25, 0.3) is 5.91 Å². The third-order valence-electron chi connectivity index (χ3n) is 4.53. The van der Waals surface area contributed by atoms with Gasteiger partial charge in [0.15, 0.2) is 0 Å². The molecule has 0 unspecified atom stereocenters. The average Bonchev–Trinajstić information content (AvgIpc) is 3.13. The number of hydrogen-bond donors (Lipinski definition) is 1. The van der Waals surface area contributed by atoms with Gasteiger partial charge in [-0.2, -0.15) is 0 Å². The minimum Gasteiger partial charge on any atom is -0.378 e. The molecule has 4 aromatic rings. The number of pyridine rings is 1. The fourth-order valence-electron chi connectivity index (χ4n) is 2.94. The van der Waals surface area contributed by atoms with Gasteiger partial charge in [0.1, 0.15) is 15.4 Å². The summed E-state index contributed by atoms with van der Waals surface area (Å²) >= 11 is 1.57. The average molecular weight is 388 g/mol. The van der Waals surface area contributed by atoms with Crippen LogP contribution >= 0.6 is 11.3 Å². The Morgan fingerprint density at radius 3 is 2.54 bits per heavy atom. The minimum atomic E-state index is -0.120. The van der Waals surface area contributed by atoms with Crippen molar-refractivity contribution in [2.75, 3.05) is 24.3 Å². The Labute approximate surface area is 167 Å². The van der Waals surface area contributed by atoms with E-state index >= 15 is 0 Å². The van der Waals surface area contributed by atoms with Gasteiger partial charge in [-0.05, 0) is 67.1 Å². The number of carbonyl (C=O) groups excluding carboxylic acids is 1. The lowest BCUT2D eigenvalue weighted by atomic mass is 10.1. The monoisotopic (exact) mass is 388 g/mol. The summed E-state index contributed by atoms with van der Waals surface area (Å²) in [6.45, 7) is 1.99. The lowest BCUT2D eigenvalue weighted by Crippen LogP contribution is -2.13. The van der Waals surface area contributed by atoms with E-state index in [1.165, 1.54) is 0 Å². The molecule has 2 aromatic heterocycles. The predicted molar refractivity (Wildman–Crippen MR) is 116 cm³/mol. The van der Waals surface area contributed by atoms with Gasteiger partial charge in [-0.25, -0.2) is 9.97 Å². The van der Waals surface area contributed by atoms with Crippen LogP contribution in [0.1, 0.15) is 15.9 Å². The number of fused-ring (bicyclic) bond motifs is 1. The molecular formula is C22H20N4OS. The van der Waals surface area contributed by atoms with Crippen molar-refractivity contribution in [1.29, 1.82) is 0 Å². The van der Waals surface area contributed by atoms with Crippen molar-refractivity contribution in [3.63, 3.8) is 0 Å². The van der Waals surface area contributed by atoms with Crippen molar-refractivity contribution in [2.45, 2.75) is 6.92 Å². The zero-order valence-electron chi connectivity index (χ0n) is 15.9. The van der Waals surface area contributed by atoms with Gasteiger partial charge in [0, 0.05) is 42.8 Å². The highest BCUT2D eigenvalue weighted by atomic mass is 32.1. The van der Waals surface area contributed by atoms with E-state index in [4.69, 9.17) is 0 Å². The molecule has 0 radical (unpaired) electrons. The van der Waals surface area contributed by atoms with Gasteiger partial charge in [0.2, 0.25) is 0 Å². The van der Waals surface area contributed by atoms with E-state index in [1.54, 1.807) is 17.5 Å². The predicted octanol–water partition coefficient (Wildman–Crippen LogP) is 4.99. The second-order valence-electron chi connectivity index (χ2n) is 6.77. The van der Waals surface area contributed by atoms with Crippen molar-refractivity contribution in [2.24, 2.45) is 0 Å². The van der Waals surface area contributed by atoms with E-state index in [0.29, 0.717) is 5.56 Å². The van der Waals surface area contributed by atoms with E-state index in [-0.39, 0.29) is 5.91 Å². The first-order valence-electron chi connectivity index (χ1n) is 8.92. The first-order chi connectivity index (χ1) is 13.5. The summed E-state index contributed by atoms with van der Waals surface area (Å²) in [6.07, 6.45) is 1.78. The van der Waals surface area contributed by atoms with Gasteiger partial charge in [-0.15, -0.1) is 0 Å². The molecule has 0 saturated carbocycles. The molecule has 4 rings (SSSR count). The lowest BCUT2D eigenvalue weighted by molar-refractivity contribution is 0.102. The van der Waals surface area contributed by atoms with Crippen LogP contribution in [-0.4, -0.2) is 30.0 Å². The molecular weight excluding hydrogens is 368 g/mol. The highest BCUT2D eigenvalue weighted by Crippen LogP contribution is 2.31. The second kappa shape index (κ2) is 7.40. The molecule has 140 valence electrons. The molecule has 5 nitrogen and oxygen atoms in total. The Hall–Kier alpha value is -3.25. The van der Waals surface area contributed by atoms with Crippen LogP contribution < -0.4 is 10.2 Å². The van der Waals surface area contributed by atoms with Gasteiger partial charge in [-0.1, -0.05) is 11.3 Å². The molecule has 2 heterocycles. The number of nitrogens with zero attached hydrogens (tertiary/aromatic N) is 3. The van der Waals surface area contributed by atoms with Crippen LogP contribution in [0.15, 0.2) is 60.8 Å². The zero-order chi connectivity index (χ0) is 19.7. The Bertz CT molecular complexity index is 1120. The van der Waals surface area contributed by atoms with E-state index in [2.05, 4.69) is 15.3 Å². The molecule has 0 spiro atoms. The van der Waals surface area contributed by atoms with E-state index in [0.717, 1.165) is 37.9 Å². The fraction of sp³-hybridized carbons (Fsp3) is 0.136. The number of anilines is 2. The molecule has 2 aromatic carbocycles. The molecule has 1 N–H and O–H groups in total. The Balaban J connectivity index is 1.55. The summed E-state index contributed by atoms with van der Waals surface area (Å²) < 4.78 is 0. The van der Waals surface area contributed by atoms with Crippen molar-refractivity contribution >= 4 is 39.0 Å². The molecule has 0 aliphatic heterocycles. The van der Waals surface area contributed by atoms with Gasteiger partial charge in [-0.3, -0.25) is 4.79 Å². The number of rotatable bonds is 4. The molecule has 0 bridgehead atoms. The van der Waals surface area contributed by atoms with Gasteiger partial charge < -0.3 is 10.2 Å². The highest BCUT2D eigenvalue weighted by Gasteiger charge is 2.11. The number of hydrogen-bond acceptors (Lipinski definition) is 5. The summed E-state index contributed by atoms with van der Waals surface area (Å²) in [7, 11) is 3.95. The number of carbonyl (C=O) groups is 1. The van der Waals surface area contributed by atoms with Crippen molar-refractivity contribution in [3.05, 3.63) is 71.9 Å². The quantitative estimate of drug-likeness (QED) is 0.535. The highest BCUT2D eigenvalue weighted by molar-refractivity contribution is 7.21. The number of aryl methyl sites for hydroxylation is 1. The van der Waals surface area contributed by atoms with Crippen LogP contribution in [0.2, 0.25) is 0 Å². The largest absolute Gasteiger partial charge is 0.378 e. The van der Waals surface area contributed by atoms with E-state index in [1.807, 2.05) is 80.5 Å². The third-order valence-corrected chi connectivity index (χ3v) is 5.56. The topological polar surface area (TPSA) is 58.1 Å². The maximum Gasteiger partial charge on any atom is 0.255 e. The SMILES string of the molecule is Cc1cc(-c2nc3cccnc3s2)ccc1NC(=O)c1ccc(N(C)C)cc1. The number of amides is 1.